The van der Waals surface area contributed by atoms with E-state index in [1.165, 1.54) is 0 Å². The Bertz CT molecular complexity index is 882. The van der Waals surface area contributed by atoms with Gasteiger partial charge in [-0.2, -0.15) is 9.61 Å². The molecule has 3 aromatic rings. The van der Waals surface area contributed by atoms with Crippen LogP contribution in [-0.2, 0) is 0 Å². The highest BCUT2D eigenvalue weighted by atomic mass is 16.3. The number of aromatic nitrogens is 6. The van der Waals surface area contributed by atoms with Crippen LogP contribution in [-0.4, -0.2) is 64.8 Å². The molecule has 26 heavy (non-hydrogen) atoms. The van der Waals surface area contributed by atoms with Gasteiger partial charge < -0.3 is 5.11 Å². The lowest BCUT2D eigenvalue weighted by atomic mass is 9.94. The van der Waals surface area contributed by atoms with Crippen LogP contribution in [0.3, 0.4) is 0 Å². The maximum absolute atomic E-state index is 10.2. The third kappa shape index (κ3) is 2.69. The largest absolute Gasteiger partial charge is 0.391 e. The van der Waals surface area contributed by atoms with Crippen molar-refractivity contribution in [1.82, 2.24) is 34.5 Å². The molecule has 8 heteroatoms. The summed E-state index contributed by atoms with van der Waals surface area (Å²) in [5, 5.41) is 27.8. The maximum Gasteiger partial charge on any atom is 0.178 e. The van der Waals surface area contributed by atoms with E-state index in [1.54, 1.807) is 10.9 Å². The number of aliphatic hydroxyl groups excluding tert-OH is 1. The van der Waals surface area contributed by atoms with Crippen LogP contribution in [0.15, 0.2) is 30.6 Å². The first-order valence-electron chi connectivity index (χ1n) is 9.44. The summed E-state index contributed by atoms with van der Waals surface area (Å²) in [5.74, 6) is 2.04. The standard InChI is InChI=1S/C18H23N7O/c26-15-4-1-3-14(15)23-11-7-13(8-12-23)18-21-20-16-5-6-17(22-25(16)18)24-10-2-9-19-24/h2,5-6,9-10,13-15,26H,1,3-4,7-8,11-12H2. The minimum absolute atomic E-state index is 0.154. The molecule has 2 aliphatic rings. The van der Waals surface area contributed by atoms with E-state index in [2.05, 4.69) is 20.2 Å². The molecule has 1 N–H and O–H groups in total. The lowest BCUT2D eigenvalue weighted by molar-refractivity contribution is 0.0545. The van der Waals surface area contributed by atoms with Gasteiger partial charge in [0.05, 0.1) is 6.10 Å². The quantitative estimate of drug-likeness (QED) is 0.766. The molecule has 0 bridgehead atoms. The van der Waals surface area contributed by atoms with Crippen molar-refractivity contribution in [3.05, 3.63) is 36.4 Å². The lowest BCUT2D eigenvalue weighted by Gasteiger charge is -2.36. The Morgan fingerprint density at radius 3 is 2.65 bits per heavy atom. The Morgan fingerprint density at radius 1 is 1.04 bits per heavy atom. The van der Waals surface area contributed by atoms with Gasteiger partial charge in [0.1, 0.15) is 0 Å². The van der Waals surface area contributed by atoms with E-state index in [4.69, 9.17) is 5.10 Å². The van der Waals surface area contributed by atoms with Crippen molar-refractivity contribution in [1.29, 1.82) is 0 Å². The molecule has 3 aromatic heterocycles. The SMILES string of the molecule is OC1CCCC1N1CCC(c2nnc3ccc(-n4cccn4)nn23)CC1. The lowest BCUT2D eigenvalue weighted by Crippen LogP contribution is -2.44. The molecule has 136 valence electrons. The van der Waals surface area contributed by atoms with Gasteiger partial charge in [-0.1, -0.05) is 0 Å². The van der Waals surface area contributed by atoms with E-state index in [1.807, 2.05) is 28.9 Å². The molecule has 0 spiro atoms. The topological polar surface area (TPSA) is 84.4 Å². The maximum atomic E-state index is 10.2. The van der Waals surface area contributed by atoms with Crippen molar-refractivity contribution in [3.8, 4) is 5.82 Å². The minimum atomic E-state index is -0.154. The molecule has 0 aromatic carbocycles. The highest BCUT2D eigenvalue weighted by Gasteiger charge is 2.34. The molecule has 2 unspecified atom stereocenters. The zero-order valence-corrected chi connectivity index (χ0v) is 14.6. The Hall–Kier alpha value is -2.32. The number of nitrogens with zero attached hydrogens (tertiary/aromatic N) is 7. The van der Waals surface area contributed by atoms with Crippen LogP contribution in [0.2, 0.25) is 0 Å². The van der Waals surface area contributed by atoms with Gasteiger partial charge in [-0.3, -0.25) is 4.90 Å². The van der Waals surface area contributed by atoms with Crippen molar-refractivity contribution in [2.75, 3.05) is 13.1 Å². The summed E-state index contributed by atoms with van der Waals surface area (Å²) < 4.78 is 3.61. The summed E-state index contributed by atoms with van der Waals surface area (Å²) in [7, 11) is 0. The third-order valence-electron chi connectivity index (χ3n) is 5.82. The molecule has 5 rings (SSSR count). The summed E-state index contributed by atoms with van der Waals surface area (Å²) in [6, 6.07) is 6.07. The molecule has 1 saturated heterocycles. The molecule has 2 atom stereocenters. The molecular formula is C18H23N7O. The Labute approximate surface area is 151 Å². The number of hydrogen-bond donors (Lipinski definition) is 1. The van der Waals surface area contributed by atoms with E-state index in [-0.39, 0.29) is 6.10 Å². The van der Waals surface area contributed by atoms with Crippen LogP contribution in [0.5, 0.6) is 0 Å². The van der Waals surface area contributed by atoms with Gasteiger partial charge in [0.15, 0.2) is 17.3 Å². The Kier molecular flexibility index (Phi) is 3.94. The molecule has 4 heterocycles. The zero-order chi connectivity index (χ0) is 17.5. The smallest absolute Gasteiger partial charge is 0.178 e. The van der Waals surface area contributed by atoms with Gasteiger partial charge in [0.25, 0.3) is 0 Å². The monoisotopic (exact) mass is 353 g/mol. The Balaban J connectivity index is 1.37. The normalized spacial score (nSPS) is 25.3. The Morgan fingerprint density at radius 2 is 1.92 bits per heavy atom. The van der Waals surface area contributed by atoms with E-state index >= 15 is 0 Å². The summed E-state index contributed by atoms with van der Waals surface area (Å²) in [6.07, 6.45) is 8.72. The fraction of sp³-hybridized carbons (Fsp3) is 0.556. The first-order chi connectivity index (χ1) is 12.8. The first kappa shape index (κ1) is 15.9. The van der Waals surface area contributed by atoms with Gasteiger partial charge in [-0.25, -0.2) is 4.68 Å². The summed E-state index contributed by atoms with van der Waals surface area (Å²) in [6.45, 7) is 2.00. The highest BCUT2D eigenvalue weighted by molar-refractivity contribution is 5.39. The molecule has 1 aliphatic carbocycles. The number of likely N-dealkylation sites (tertiary alicyclic amines) is 1. The van der Waals surface area contributed by atoms with Crippen LogP contribution >= 0.6 is 0 Å². The van der Waals surface area contributed by atoms with Crippen molar-refractivity contribution in [2.45, 2.75) is 50.2 Å². The average molecular weight is 353 g/mol. The number of fused-ring (bicyclic) bond motifs is 1. The molecule has 1 saturated carbocycles. The van der Waals surface area contributed by atoms with Crippen LogP contribution in [0.4, 0.5) is 0 Å². The number of piperidine rings is 1. The second-order valence-corrected chi connectivity index (χ2v) is 7.35. The van der Waals surface area contributed by atoms with Crippen molar-refractivity contribution < 1.29 is 5.11 Å². The zero-order valence-electron chi connectivity index (χ0n) is 14.6. The predicted molar refractivity (Wildman–Crippen MR) is 95.1 cm³/mol. The van der Waals surface area contributed by atoms with E-state index < -0.39 is 0 Å². The number of rotatable bonds is 3. The molecular weight excluding hydrogens is 330 g/mol. The number of aliphatic hydroxyl groups is 1. The van der Waals surface area contributed by atoms with E-state index in [0.29, 0.717) is 12.0 Å². The van der Waals surface area contributed by atoms with Gasteiger partial charge in [-0.15, -0.1) is 15.3 Å². The van der Waals surface area contributed by atoms with Gasteiger partial charge >= 0.3 is 0 Å². The van der Waals surface area contributed by atoms with Crippen molar-refractivity contribution in [2.24, 2.45) is 0 Å². The second kappa shape index (κ2) is 6.44. The van der Waals surface area contributed by atoms with E-state index in [9.17, 15) is 5.11 Å². The molecule has 0 radical (unpaired) electrons. The predicted octanol–water partition coefficient (Wildman–Crippen LogP) is 1.40. The molecule has 2 fully saturated rings. The van der Waals surface area contributed by atoms with Crippen LogP contribution < -0.4 is 0 Å². The van der Waals surface area contributed by atoms with Gasteiger partial charge in [0.2, 0.25) is 0 Å². The number of hydrogen-bond acceptors (Lipinski definition) is 6. The van der Waals surface area contributed by atoms with Crippen LogP contribution in [0.25, 0.3) is 11.5 Å². The van der Waals surface area contributed by atoms with Crippen LogP contribution in [0, 0.1) is 0 Å². The summed E-state index contributed by atoms with van der Waals surface area (Å²) in [4.78, 5) is 2.46. The average Bonchev–Trinajstić information content (AvgIpc) is 3.42. The molecule has 8 nitrogen and oxygen atoms in total. The minimum Gasteiger partial charge on any atom is -0.391 e. The van der Waals surface area contributed by atoms with Gasteiger partial charge in [0, 0.05) is 24.4 Å². The summed E-state index contributed by atoms with van der Waals surface area (Å²) in [5.41, 5.74) is 0.768. The fourth-order valence-corrected chi connectivity index (χ4v) is 4.41. The molecule has 0 amide bonds. The van der Waals surface area contributed by atoms with Crippen molar-refractivity contribution in [3.63, 3.8) is 0 Å². The van der Waals surface area contributed by atoms with Crippen LogP contribution in [0.1, 0.15) is 43.8 Å². The second-order valence-electron chi connectivity index (χ2n) is 7.35. The third-order valence-corrected chi connectivity index (χ3v) is 5.82. The fourth-order valence-electron chi connectivity index (χ4n) is 4.41. The molecule has 1 aliphatic heterocycles. The highest BCUT2D eigenvalue weighted by Crippen LogP contribution is 2.32. The summed E-state index contributed by atoms with van der Waals surface area (Å²) >= 11 is 0. The first-order valence-corrected chi connectivity index (χ1v) is 9.44. The van der Waals surface area contributed by atoms with Crippen molar-refractivity contribution >= 4 is 5.65 Å². The van der Waals surface area contributed by atoms with E-state index in [0.717, 1.165) is 62.5 Å². The van der Waals surface area contributed by atoms with Gasteiger partial charge in [-0.05, 0) is 63.4 Å².